The topological polar surface area (TPSA) is 41.1 Å². The van der Waals surface area contributed by atoms with Crippen molar-refractivity contribution >= 4 is 11.6 Å². The van der Waals surface area contributed by atoms with Crippen LogP contribution in [0.4, 0.5) is 14.5 Å². The van der Waals surface area contributed by atoms with Gasteiger partial charge in [-0.1, -0.05) is 36.4 Å². The largest absolute Gasteiger partial charge is 0.320 e. The third-order valence-corrected chi connectivity index (χ3v) is 3.10. The first-order chi connectivity index (χ1) is 10.1. The number of amides is 1. The van der Waals surface area contributed by atoms with Crippen LogP contribution in [0.5, 0.6) is 0 Å². The lowest BCUT2D eigenvalue weighted by atomic mass is 10.1. The number of halogens is 2. The molecule has 21 heavy (non-hydrogen) atoms. The molecular weight excluding hydrogens is 274 g/mol. The van der Waals surface area contributed by atoms with Crippen molar-refractivity contribution in [2.75, 3.05) is 11.9 Å². The summed E-state index contributed by atoms with van der Waals surface area (Å²) in [6, 6.07) is 13.0. The van der Waals surface area contributed by atoms with Crippen molar-refractivity contribution in [1.82, 2.24) is 5.32 Å². The molecule has 0 spiro atoms. The van der Waals surface area contributed by atoms with Gasteiger partial charge in [-0.2, -0.15) is 0 Å². The lowest BCUT2D eigenvalue weighted by molar-refractivity contribution is -0.115. The van der Waals surface area contributed by atoms with E-state index in [1.54, 1.807) is 0 Å². The molecule has 0 heterocycles. The van der Waals surface area contributed by atoms with Gasteiger partial charge in [0, 0.05) is 6.04 Å². The Morgan fingerprint density at radius 3 is 2.29 bits per heavy atom. The van der Waals surface area contributed by atoms with Crippen molar-refractivity contribution in [3.63, 3.8) is 0 Å². The Balaban J connectivity index is 1.91. The fourth-order valence-corrected chi connectivity index (χ4v) is 1.91. The summed E-state index contributed by atoms with van der Waals surface area (Å²) in [5.74, 6) is -2.08. The van der Waals surface area contributed by atoms with Gasteiger partial charge in [0.05, 0.1) is 6.54 Å². The van der Waals surface area contributed by atoms with Crippen molar-refractivity contribution in [3.8, 4) is 0 Å². The molecule has 2 N–H and O–H groups in total. The first-order valence-electron chi connectivity index (χ1n) is 6.60. The molecular formula is C16H16F2N2O. The van der Waals surface area contributed by atoms with Crippen LogP contribution in [0.3, 0.4) is 0 Å². The molecule has 1 amide bonds. The minimum atomic E-state index is -0.792. The summed E-state index contributed by atoms with van der Waals surface area (Å²) in [4.78, 5) is 11.7. The van der Waals surface area contributed by atoms with Crippen LogP contribution in [0.1, 0.15) is 18.5 Å². The van der Waals surface area contributed by atoms with Crippen LogP contribution in [-0.2, 0) is 4.79 Å². The Morgan fingerprint density at radius 1 is 1.05 bits per heavy atom. The van der Waals surface area contributed by atoms with E-state index in [0.717, 1.165) is 17.7 Å². The van der Waals surface area contributed by atoms with Crippen LogP contribution in [-0.4, -0.2) is 12.5 Å². The third kappa shape index (κ3) is 4.10. The molecule has 1 unspecified atom stereocenters. The van der Waals surface area contributed by atoms with Gasteiger partial charge in [0.2, 0.25) is 5.91 Å². The molecule has 2 rings (SSSR count). The fraction of sp³-hybridized carbons (Fsp3) is 0.188. The molecule has 0 saturated heterocycles. The molecule has 0 bridgehead atoms. The molecule has 0 aliphatic carbocycles. The summed E-state index contributed by atoms with van der Waals surface area (Å²) >= 11 is 0. The van der Waals surface area contributed by atoms with E-state index in [9.17, 15) is 13.6 Å². The monoisotopic (exact) mass is 290 g/mol. The minimum absolute atomic E-state index is 0.0379. The van der Waals surface area contributed by atoms with Gasteiger partial charge < -0.3 is 10.6 Å². The Hall–Kier alpha value is -2.27. The van der Waals surface area contributed by atoms with Crippen LogP contribution >= 0.6 is 0 Å². The molecule has 5 heteroatoms. The molecule has 0 saturated carbocycles. The lowest BCUT2D eigenvalue weighted by Gasteiger charge is -2.14. The second-order valence-electron chi connectivity index (χ2n) is 4.66. The number of carbonyl (C=O) groups excluding carboxylic acids is 1. The van der Waals surface area contributed by atoms with Gasteiger partial charge in [-0.15, -0.1) is 0 Å². The number of hydrogen-bond donors (Lipinski definition) is 2. The maximum absolute atomic E-state index is 13.4. The van der Waals surface area contributed by atoms with Crippen molar-refractivity contribution in [2.45, 2.75) is 13.0 Å². The molecule has 2 aromatic carbocycles. The summed E-state index contributed by atoms with van der Waals surface area (Å²) in [5, 5.41) is 5.23. The number of anilines is 1. The average molecular weight is 290 g/mol. The molecule has 110 valence electrons. The van der Waals surface area contributed by atoms with Crippen molar-refractivity contribution in [1.29, 1.82) is 0 Å². The first-order valence-corrected chi connectivity index (χ1v) is 6.60. The summed E-state index contributed by atoms with van der Waals surface area (Å²) in [5.41, 5.74) is 0.610. The number of nitrogens with one attached hydrogen (secondary N) is 2. The van der Waals surface area contributed by atoms with E-state index in [1.807, 2.05) is 37.3 Å². The number of carbonyl (C=O) groups is 1. The Kier molecular flexibility index (Phi) is 5.00. The molecule has 0 fully saturated rings. The van der Waals surface area contributed by atoms with Crippen LogP contribution in [0.15, 0.2) is 48.5 Å². The van der Waals surface area contributed by atoms with E-state index in [4.69, 9.17) is 0 Å². The second-order valence-corrected chi connectivity index (χ2v) is 4.66. The van der Waals surface area contributed by atoms with Gasteiger partial charge in [-0.25, -0.2) is 8.78 Å². The predicted molar refractivity (Wildman–Crippen MR) is 77.8 cm³/mol. The molecule has 3 nitrogen and oxygen atoms in total. The highest BCUT2D eigenvalue weighted by Crippen LogP contribution is 2.17. The highest BCUT2D eigenvalue weighted by atomic mass is 19.1. The molecule has 0 aliphatic rings. The molecule has 2 aromatic rings. The predicted octanol–water partition coefficient (Wildman–Crippen LogP) is 3.25. The average Bonchev–Trinajstić information content (AvgIpc) is 2.49. The summed E-state index contributed by atoms with van der Waals surface area (Å²) in [6.07, 6.45) is 0. The van der Waals surface area contributed by atoms with E-state index in [1.165, 1.54) is 6.07 Å². The van der Waals surface area contributed by atoms with E-state index in [-0.39, 0.29) is 12.6 Å². The summed E-state index contributed by atoms with van der Waals surface area (Å²) in [7, 11) is 0. The van der Waals surface area contributed by atoms with Gasteiger partial charge in [-0.05, 0) is 24.6 Å². The standard InChI is InChI=1S/C16H16F2N2O/c1-11(12-6-3-2-4-7-12)19-10-15(21)20-16-13(17)8-5-9-14(16)18/h2-9,11,19H,10H2,1H3,(H,20,21). The smallest absolute Gasteiger partial charge is 0.238 e. The van der Waals surface area contributed by atoms with Gasteiger partial charge in [0.25, 0.3) is 0 Å². The molecule has 1 atom stereocenters. The van der Waals surface area contributed by atoms with E-state index < -0.39 is 23.2 Å². The number of rotatable bonds is 5. The SMILES string of the molecule is CC(NCC(=O)Nc1c(F)cccc1F)c1ccccc1. The van der Waals surface area contributed by atoms with Gasteiger partial charge in [-0.3, -0.25) is 4.79 Å². The number of benzene rings is 2. The second kappa shape index (κ2) is 6.95. The normalized spacial score (nSPS) is 12.0. The number of para-hydroxylation sites is 1. The van der Waals surface area contributed by atoms with Crippen LogP contribution in [0.2, 0.25) is 0 Å². The highest BCUT2D eigenvalue weighted by molar-refractivity contribution is 5.92. The number of hydrogen-bond acceptors (Lipinski definition) is 2. The maximum Gasteiger partial charge on any atom is 0.238 e. The van der Waals surface area contributed by atoms with E-state index >= 15 is 0 Å². The third-order valence-electron chi connectivity index (χ3n) is 3.10. The highest BCUT2D eigenvalue weighted by Gasteiger charge is 2.12. The Labute approximate surface area is 122 Å². The van der Waals surface area contributed by atoms with Gasteiger partial charge in [0.15, 0.2) is 0 Å². The minimum Gasteiger partial charge on any atom is -0.320 e. The summed E-state index contributed by atoms with van der Waals surface area (Å²) < 4.78 is 26.8. The maximum atomic E-state index is 13.4. The quantitative estimate of drug-likeness (QED) is 0.887. The fourth-order valence-electron chi connectivity index (χ4n) is 1.91. The van der Waals surface area contributed by atoms with Crippen molar-refractivity contribution in [2.24, 2.45) is 0 Å². The summed E-state index contributed by atoms with van der Waals surface area (Å²) in [6.45, 7) is 1.87. The van der Waals surface area contributed by atoms with Crippen molar-refractivity contribution in [3.05, 3.63) is 65.7 Å². The van der Waals surface area contributed by atoms with Crippen LogP contribution in [0.25, 0.3) is 0 Å². The van der Waals surface area contributed by atoms with Crippen molar-refractivity contribution < 1.29 is 13.6 Å². The Bertz CT molecular complexity index is 597. The zero-order chi connectivity index (χ0) is 15.2. The molecule has 0 radical (unpaired) electrons. The lowest BCUT2D eigenvalue weighted by Crippen LogP contribution is -2.30. The van der Waals surface area contributed by atoms with Crippen LogP contribution < -0.4 is 10.6 Å². The first kappa shape index (κ1) is 15.1. The van der Waals surface area contributed by atoms with Gasteiger partial charge >= 0.3 is 0 Å². The Morgan fingerprint density at radius 2 is 1.67 bits per heavy atom. The van der Waals surface area contributed by atoms with Gasteiger partial charge in [0.1, 0.15) is 17.3 Å². The molecule has 0 aromatic heterocycles. The zero-order valence-corrected chi connectivity index (χ0v) is 11.6. The van der Waals surface area contributed by atoms with E-state index in [0.29, 0.717) is 0 Å². The van der Waals surface area contributed by atoms with E-state index in [2.05, 4.69) is 10.6 Å². The molecule has 0 aliphatic heterocycles. The van der Waals surface area contributed by atoms with Crippen LogP contribution in [0, 0.1) is 11.6 Å². The zero-order valence-electron chi connectivity index (χ0n) is 11.6.